The SMILES string of the molecule is FC(F)(F)c1c(CBr)cccc1-c1ccc2c(c1)OCCO2. The highest BCUT2D eigenvalue weighted by atomic mass is 79.9. The predicted octanol–water partition coefficient (Wildman–Crippen LogP) is 5.04. The lowest BCUT2D eigenvalue weighted by Gasteiger charge is -2.21. The van der Waals surface area contributed by atoms with Crippen LogP contribution < -0.4 is 9.47 Å². The Morgan fingerprint density at radius 3 is 2.41 bits per heavy atom. The maximum atomic E-state index is 13.4. The summed E-state index contributed by atoms with van der Waals surface area (Å²) < 4.78 is 51.2. The number of hydrogen-bond acceptors (Lipinski definition) is 2. The van der Waals surface area contributed by atoms with Gasteiger partial charge in [0.25, 0.3) is 0 Å². The Labute approximate surface area is 134 Å². The van der Waals surface area contributed by atoms with Crippen molar-refractivity contribution in [2.45, 2.75) is 11.5 Å². The van der Waals surface area contributed by atoms with Gasteiger partial charge in [0.05, 0.1) is 5.56 Å². The molecule has 0 spiro atoms. The molecule has 0 bridgehead atoms. The van der Waals surface area contributed by atoms with E-state index in [-0.39, 0.29) is 16.5 Å². The van der Waals surface area contributed by atoms with Gasteiger partial charge in [0, 0.05) is 5.33 Å². The monoisotopic (exact) mass is 372 g/mol. The van der Waals surface area contributed by atoms with Crippen LogP contribution in [0.15, 0.2) is 36.4 Å². The number of alkyl halides is 4. The summed E-state index contributed by atoms with van der Waals surface area (Å²) in [7, 11) is 0. The number of halogens is 4. The quantitative estimate of drug-likeness (QED) is 0.687. The van der Waals surface area contributed by atoms with E-state index >= 15 is 0 Å². The second kappa shape index (κ2) is 5.83. The smallest absolute Gasteiger partial charge is 0.417 e. The van der Waals surface area contributed by atoms with Gasteiger partial charge in [-0.15, -0.1) is 0 Å². The van der Waals surface area contributed by atoms with Gasteiger partial charge < -0.3 is 9.47 Å². The zero-order chi connectivity index (χ0) is 15.7. The van der Waals surface area contributed by atoms with Crippen LogP contribution in [-0.2, 0) is 11.5 Å². The van der Waals surface area contributed by atoms with Crippen LogP contribution in [0.3, 0.4) is 0 Å². The van der Waals surface area contributed by atoms with Crippen LogP contribution in [-0.4, -0.2) is 13.2 Å². The molecule has 2 nitrogen and oxygen atoms in total. The Morgan fingerprint density at radius 1 is 1.00 bits per heavy atom. The molecule has 0 fully saturated rings. The molecule has 0 radical (unpaired) electrons. The van der Waals surface area contributed by atoms with Gasteiger partial charge in [-0.05, 0) is 28.8 Å². The summed E-state index contributed by atoms with van der Waals surface area (Å²) in [5, 5.41) is 0.139. The molecule has 2 aromatic rings. The van der Waals surface area contributed by atoms with Crippen molar-refractivity contribution in [2.75, 3.05) is 13.2 Å². The minimum absolute atomic E-state index is 0.139. The summed E-state index contributed by atoms with van der Waals surface area (Å²) >= 11 is 3.12. The summed E-state index contributed by atoms with van der Waals surface area (Å²) in [4.78, 5) is 0. The van der Waals surface area contributed by atoms with Crippen LogP contribution in [0.2, 0.25) is 0 Å². The second-order valence-electron chi connectivity index (χ2n) is 4.83. The van der Waals surface area contributed by atoms with Crippen LogP contribution in [0.25, 0.3) is 11.1 Å². The van der Waals surface area contributed by atoms with Crippen molar-refractivity contribution < 1.29 is 22.6 Å². The highest BCUT2D eigenvalue weighted by Gasteiger charge is 2.36. The van der Waals surface area contributed by atoms with E-state index in [2.05, 4.69) is 15.9 Å². The van der Waals surface area contributed by atoms with Gasteiger partial charge in [-0.2, -0.15) is 13.2 Å². The van der Waals surface area contributed by atoms with Crippen molar-refractivity contribution in [1.82, 2.24) is 0 Å². The van der Waals surface area contributed by atoms with Gasteiger partial charge in [0.15, 0.2) is 11.5 Å². The molecule has 116 valence electrons. The Hall–Kier alpha value is -1.69. The van der Waals surface area contributed by atoms with Crippen molar-refractivity contribution in [3.05, 3.63) is 47.5 Å². The molecule has 1 aliphatic rings. The molecule has 0 atom stereocenters. The lowest BCUT2D eigenvalue weighted by atomic mass is 9.95. The normalized spacial score (nSPS) is 14.0. The number of hydrogen-bond donors (Lipinski definition) is 0. The van der Waals surface area contributed by atoms with E-state index < -0.39 is 11.7 Å². The molecule has 0 aromatic heterocycles. The fourth-order valence-electron chi connectivity index (χ4n) is 2.50. The standard InChI is InChI=1S/C16H12BrF3O2/c17-9-11-2-1-3-12(15(11)16(18,19)20)10-4-5-13-14(8-10)22-7-6-21-13/h1-5,8H,6-7,9H2. The summed E-state index contributed by atoms with van der Waals surface area (Å²) in [6.07, 6.45) is -4.42. The summed E-state index contributed by atoms with van der Waals surface area (Å²) in [5.41, 5.74) is 0.184. The second-order valence-corrected chi connectivity index (χ2v) is 5.39. The fourth-order valence-corrected chi connectivity index (χ4v) is 2.96. The van der Waals surface area contributed by atoms with Crippen molar-refractivity contribution in [3.8, 4) is 22.6 Å². The lowest BCUT2D eigenvalue weighted by Crippen LogP contribution is -2.15. The van der Waals surface area contributed by atoms with E-state index in [1.165, 1.54) is 12.1 Å². The largest absolute Gasteiger partial charge is 0.486 e. The first kappa shape index (κ1) is 15.2. The molecule has 6 heteroatoms. The van der Waals surface area contributed by atoms with Crippen LogP contribution in [0, 0.1) is 0 Å². The van der Waals surface area contributed by atoms with Crippen molar-refractivity contribution >= 4 is 15.9 Å². The van der Waals surface area contributed by atoms with Crippen LogP contribution in [0.5, 0.6) is 11.5 Å². The molecular weight excluding hydrogens is 361 g/mol. The van der Waals surface area contributed by atoms with Gasteiger partial charge >= 0.3 is 6.18 Å². The van der Waals surface area contributed by atoms with E-state index in [4.69, 9.17) is 9.47 Å². The third-order valence-electron chi connectivity index (χ3n) is 3.43. The maximum absolute atomic E-state index is 13.4. The number of benzene rings is 2. The molecule has 3 rings (SSSR count). The van der Waals surface area contributed by atoms with E-state index in [0.29, 0.717) is 30.3 Å². The maximum Gasteiger partial charge on any atom is 0.417 e. The Kier molecular flexibility index (Phi) is 4.04. The first-order valence-corrected chi connectivity index (χ1v) is 7.78. The van der Waals surface area contributed by atoms with Gasteiger partial charge in [-0.25, -0.2) is 0 Å². The Morgan fingerprint density at radius 2 is 1.73 bits per heavy atom. The first-order valence-electron chi connectivity index (χ1n) is 6.66. The topological polar surface area (TPSA) is 18.5 Å². The molecule has 22 heavy (non-hydrogen) atoms. The van der Waals surface area contributed by atoms with Crippen LogP contribution >= 0.6 is 15.9 Å². The van der Waals surface area contributed by atoms with Crippen molar-refractivity contribution in [1.29, 1.82) is 0 Å². The van der Waals surface area contributed by atoms with Gasteiger partial charge in [0.2, 0.25) is 0 Å². The summed E-state index contributed by atoms with van der Waals surface area (Å²) in [6, 6.07) is 9.43. The fraction of sp³-hybridized carbons (Fsp3) is 0.250. The van der Waals surface area contributed by atoms with Gasteiger partial charge in [-0.1, -0.05) is 40.2 Å². The molecular formula is C16H12BrF3O2. The van der Waals surface area contributed by atoms with E-state index in [1.54, 1.807) is 24.3 Å². The molecule has 1 heterocycles. The van der Waals surface area contributed by atoms with E-state index in [9.17, 15) is 13.2 Å². The predicted molar refractivity (Wildman–Crippen MR) is 80.5 cm³/mol. The van der Waals surface area contributed by atoms with E-state index in [0.717, 1.165) is 0 Å². The molecule has 0 saturated carbocycles. The average Bonchev–Trinajstić information content (AvgIpc) is 2.52. The van der Waals surface area contributed by atoms with Crippen LogP contribution in [0.4, 0.5) is 13.2 Å². The molecule has 0 N–H and O–H groups in total. The number of rotatable bonds is 2. The highest BCUT2D eigenvalue weighted by molar-refractivity contribution is 9.08. The minimum atomic E-state index is -4.42. The molecule has 1 aliphatic heterocycles. The summed E-state index contributed by atoms with van der Waals surface area (Å²) in [5.74, 6) is 1.03. The highest BCUT2D eigenvalue weighted by Crippen LogP contribution is 2.42. The third kappa shape index (κ3) is 2.79. The number of ether oxygens (including phenoxy) is 2. The summed E-state index contributed by atoms with van der Waals surface area (Å²) in [6.45, 7) is 0.837. The Bertz CT molecular complexity index is 698. The van der Waals surface area contributed by atoms with Crippen LogP contribution in [0.1, 0.15) is 11.1 Å². The zero-order valence-corrected chi connectivity index (χ0v) is 13.0. The lowest BCUT2D eigenvalue weighted by molar-refractivity contribution is -0.137. The minimum Gasteiger partial charge on any atom is -0.486 e. The molecule has 0 unspecified atom stereocenters. The van der Waals surface area contributed by atoms with E-state index in [1.807, 2.05) is 0 Å². The van der Waals surface area contributed by atoms with Gasteiger partial charge in [-0.3, -0.25) is 0 Å². The molecule has 2 aromatic carbocycles. The molecule has 0 aliphatic carbocycles. The number of fused-ring (bicyclic) bond motifs is 1. The zero-order valence-electron chi connectivity index (χ0n) is 11.4. The average molecular weight is 373 g/mol. The van der Waals surface area contributed by atoms with Gasteiger partial charge in [0.1, 0.15) is 13.2 Å². The van der Waals surface area contributed by atoms with Crippen molar-refractivity contribution in [3.63, 3.8) is 0 Å². The molecule has 0 amide bonds. The first-order chi connectivity index (χ1) is 10.5. The third-order valence-corrected chi connectivity index (χ3v) is 4.04. The Balaban J connectivity index is 2.16. The van der Waals surface area contributed by atoms with Crippen molar-refractivity contribution in [2.24, 2.45) is 0 Å². The molecule has 0 saturated heterocycles.